The van der Waals surface area contributed by atoms with Gasteiger partial charge < -0.3 is 10.4 Å². The highest BCUT2D eigenvalue weighted by Crippen LogP contribution is 2.22. The molecule has 0 fully saturated rings. The van der Waals surface area contributed by atoms with Gasteiger partial charge in [-0.1, -0.05) is 35.9 Å². The van der Waals surface area contributed by atoms with Crippen LogP contribution in [0.4, 0.5) is 5.69 Å². The third kappa shape index (κ3) is 3.43. The Kier molecular flexibility index (Phi) is 4.73. The molecule has 1 amide bonds. The number of carbonyl (C=O) groups is 2. The van der Waals surface area contributed by atoms with E-state index < -0.39 is 24.0 Å². The summed E-state index contributed by atoms with van der Waals surface area (Å²) in [5.74, 6) is -1.83. The Labute approximate surface area is 152 Å². The van der Waals surface area contributed by atoms with E-state index in [9.17, 15) is 19.5 Å². The van der Waals surface area contributed by atoms with Crippen molar-refractivity contribution in [3.05, 3.63) is 69.1 Å². The van der Waals surface area contributed by atoms with Gasteiger partial charge in [-0.3, -0.25) is 9.59 Å². The molecular formula is C18H14ClN3O4. The first kappa shape index (κ1) is 17.6. The van der Waals surface area contributed by atoms with E-state index in [1.54, 1.807) is 30.3 Å². The van der Waals surface area contributed by atoms with Crippen LogP contribution in [0.15, 0.2) is 47.3 Å². The fourth-order valence-electron chi connectivity index (χ4n) is 2.55. The molecule has 3 aromatic rings. The van der Waals surface area contributed by atoms with Crippen LogP contribution in [-0.2, 0) is 11.3 Å². The highest BCUT2D eigenvalue weighted by Gasteiger charge is 2.17. The number of aromatic nitrogens is 2. The molecule has 0 saturated heterocycles. The maximum atomic E-state index is 12.5. The lowest BCUT2D eigenvalue weighted by Crippen LogP contribution is -2.31. The van der Waals surface area contributed by atoms with Crippen LogP contribution in [0.25, 0.3) is 10.8 Å². The summed E-state index contributed by atoms with van der Waals surface area (Å²) in [6.07, 6.45) is 0. The quantitative estimate of drug-likeness (QED) is 0.734. The Morgan fingerprint density at radius 1 is 1.19 bits per heavy atom. The van der Waals surface area contributed by atoms with Crippen molar-refractivity contribution in [2.45, 2.75) is 13.5 Å². The lowest BCUT2D eigenvalue weighted by Gasteiger charge is -2.10. The number of hydrogen-bond donors (Lipinski definition) is 2. The molecule has 7 nitrogen and oxygen atoms in total. The summed E-state index contributed by atoms with van der Waals surface area (Å²) in [6, 6.07) is 11.4. The first-order chi connectivity index (χ1) is 12.4. The van der Waals surface area contributed by atoms with Gasteiger partial charge in [0.25, 0.3) is 5.56 Å². The molecule has 1 heterocycles. The molecule has 1 aromatic heterocycles. The second kappa shape index (κ2) is 6.97. The number of anilines is 1. The number of carboxylic acid groups (broad SMARTS) is 1. The molecule has 0 spiro atoms. The van der Waals surface area contributed by atoms with E-state index in [1.165, 1.54) is 12.1 Å². The van der Waals surface area contributed by atoms with Gasteiger partial charge in [0.15, 0.2) is 5.69 Å². The van der Waals surface area contributed by atoms with Crippen LogP contribution < -0.4 is 10.9 Å². The van der Waals surface area contributed by atoms with E-state index in [4.69, 9.17) is 11.6 Å². The SMILES string of the molecule is Cc1ccc(NC(=O)Cn2nc(C(=O)O)c3ccccc3c2=O)c(Cl)c1. The van der Waals surface area contributed by atoms with Crippen LogP contribution in [-0.4, -0.2) is 26.8 Å². The molecule has 8 heteroatoms. The Hall–Kier alpha value is -3.19. The van der Waals surface area contributed by atoms with Crippen molar-refractivity contribution in [2.75, 3.05) is 5.32 Å². The zero-order valence-corrected chi connectivity index (χ0v) is 14.4. The number of nitrogens with zero attached hydrogens (tertiary/aromatic N) is 2. The molecule has 3 rings (SSSR count). The number of carboxylic acids is 1. The highest BCUT2D eigenvalue weighted by atomic mass is 35.5. The number of fused-ring (bicyclic) bond motifs is 1. The van der Waals surface area contributed by atoms with Gasteiger partial charge in [-0.05, 0) is 30.7 Å². The molecular weight excluding hydrogens is 358 g/mol. The van der Waals surface area contributed by atoms with Crippen molar-refractivity contribution >= 4 is 39.9 Å². The molecule has 0 aliphatic rings. The summed E-state index contributed by atoms with van der Waals surface area (Å²) in [5.41, 5.74) is 0.498. The number of aryl methyl sites for hydroxylation is 1. The minimum Gasteiger partial charge on any atom is -0.476 e. The van der Waals surface area contributed by atoms with Crippen molar-refractivity contribution in [2.24, 2.45) is 0 Å². The number of benzene rings is 2. The summed E-state index contributed by atoms with van der Waals surface area (Å²) in [5, 5.41) is 16.5. The molecule has 0 unspecified atom stereocenters. The van der Waals surface area contributed by atoms with Crippen molar-refractivity contribution in [3.63, 3.8) is 0 Å². The second-order valence-corrected chi connectivity index (χ2v) is 6.10. The minimum atomic E-state index is -1.28. The molecule has 0 aliphatic carbocycles. The van der Waals surface area contributed by atoms with E-state index in [2.05, 4.69) is 10.4 Å². The third-order valence-electron chi connectivity index (χ3n) is 3.76. The number of amides is 1. The monoisotopic (exact) mass is 371 g/mol. The predicted molar refractivity (Wildman–Crippen MR) is 97.8 cm³/mol. The van der Waals surface area contributed by atoms with E-state index in [-0.39, 0.29) is 16.5 Å². The largest absolute Gasteiger partial charge is 0.476 e. The molecule has 2 N–H and O–H groups in total. The van der Waals surface area contributed by atoms with Crippen molar-refractivity contribution < 1.29 is 14.7 Å². The van der Waals surface area contributed by atoms with Gasteiger partial charge in [-0.25, -0.2) is 9.48 Å². The Balaban J connectivity index is 1.95. The van der Waals surface area contributed by atoms with Crippen LogP contribution >= 0.6 is 11.6 Å². The van der Waals surface area contributed by atoms with Crippen LogP contribution in [0.5, 0.6) is 0 Å². The van der Waals surface area contributed by atoms with Crippen LogP contribution in [0.1, 0.15) is 16.1 Å². The summed E-state index contributed by atoms with van der Waals surface area (Å²) in [7, 11) is 0. The number of hydrogen-bond acceptors (Lipinski definition) is 4. The summed E-state index contributed by atoms with van der Waals surface area (Å²) in [6.45, 7) is 1.43. The number of carbonyl (C=O) groups excluding carboxylic acids is 1. The lowest BCUT2D eigenvalue weighted by atomic mass is 10.1. The topological polar surface area (TPSA) is 101 Å². The Bertz CT molecular complexity index is 1090. The molecule has 0 saturated carbocycles. The van der Waals surface area contributed by atoms with Gasteiger partial charge in [0, 0.05) is 5.39 Å². The summed E-state index contributed by atoms with van der Waals surface area (Å²) < 4.78 is 0.837. The van der Waals surface area contributed by atoms with Crippen LogP contribution in [0, 0.1) is 6.92 Å². The number of aromatic carboxylic acids is 1. The van der Waals surface area contributed by atoms with Gasteiger partial charge >= 0.3 is 5.97 Å². The van der Waals surface area contributed by atoms with Gasteiger partial charge in [-0.15, -0.1) is 0 Å². The standard InChI is InChI=1S/C18H14ClN3O4/c1-10-6-7-14(13(19)8-10)20-15(23)9-22-17(24)12-5-3-2-4-11(12)16(21-22)18(25)26/h2-8H,9H2,1H3,(H,20,23)(H,25,26). The molecule has 0 aliphatic heterocycles. The van der Waals surface area contributed by atoms with E-state index in [0.717, 1.165) is 10.2 Å². The minimum absolute atomic E-state index is 0.182. The fourth-order valence-corrected chi connectivity index (χ4v) is 2.83. The smallest absolute Gasteiger partial charge is 0.357 e. The fraction of sp³-hybridized carbons (Fsp3) is 0.111. The predicted octanol–water partition coefficient (Wildman–Crippen LogP) is 2.70. The van der Waals surface area contributed by atoms with Crippen molar-refractivity contribution in [3.8, 4) is 0 Å². The van der Waals surface area contributed by atoms with Gasteiger partial charge in [0.2, 0.25) is 5.91 Å². The maximum Gasteiger partial charge on any atom is 0.357 e. The van der Waals surface area contributed by atoms with Gasteiger partial charge in [0.1, 0.15) is 6.54 Å². The number of rotatable bonds is 4. The molecule has 132 valence electrons. The molecule has 0 radical (unpaired) electrons. The zero-order valence-electron chi connectivity index (χ0n) is 13.7. The summed E-state index contributed by atoms with van der Waals surface area (Å²) in [4.78, 5) is 36.2. The molecule has 0 bridgehead atoms. The molecule has 2 aromatic carbocycles. The Morgan fingerprint density at radius 2 is 1.88 bits per heavy atom. The number of halogens is 1. The summed E-state index contributed by atoms with van der Waals surface area (Å²) >= 11 is 6.08. The first-order valence-electron chi connectivity index (χ1n) is 7.66. The zero-order chi connectivity index (χ0) is 18.8. The van der Waals surface area contributed by atoms with Crippen LogP contribution in [0.3, 0.4) is 0 Å². The van der Waals surface area contributed by atoms with Crippen LogP contribution in [0.2, 0.25) is 5.02 Å². The van der Waals surface area contributed by atoms with E-state index in [1.807, 2.05) is 6.92 Å². The lowest BCUT2D eigenvalue weighted by molar-refractivity contribution is -0.117. The van der Waals surface area contributed by atoms with Crippen molar-refractivity contribution in [1.29, 1.82) is 0 Å². The first-order valence-corrected chi connectivity index (χ1v) is 8.04. The third-order valence-corrected chi connectivity index (χ3v) is 4.08. The van der Waals surface area contributed by atoms with Crippen molar-refractivity contribution in [1.82, 2.24) is 9.78 Å². The number of nitrogens with one attached hydrogen (secondary N) is 1. The maximum absolute atomic E-state index is 12.5. The molecule has 26 heavy (non-hydrogen) atoms. The average molecular weight is 372 g/mol. The van der Waals surface area contributed by atoms with Gasteiger partial charge in [0.05, 0.1) is 16.1 Å². The molecule has 0 atom stereocenters. The highest BCUT2D eigenvalue weighted by molar-refractivity contribution is 6.33. The Morgan fingerprint density at radius 3 is 2.54 bits per heavy atom. The average Bonchev–Trinajstić information content (AvgIpc) is 2.59. The normalized spacial score (nSPS) is 10.7. The van der Waals surface area contributed by atoms with Gasteiger partial charge in [-0.2, -0.15) is 5.10 Å². The van der Waals surface area contributed by atoms with E-state index >= 15 is 0 Å². The second-order valence-electron chi connectivity index (χ2n) is 5.69. The van der Waals surface area contributed by atoms with E-state index in [0.29, 0.717) is 10.7 Å².